The van der Waals surface area contributed by atoms with Gasteiger partial charge in [-0.2, -0.15) is 0 Å². The second-order valence-corrected chi connectivity index (χ2v) is 10.7. The molecule has 0 heterocycles. The van der Waals surface area contributed by atoms with Crippen molar-refractivity contribution in [3.05, 3.63) is 113 Å². The molecule has 7 nitrogen and oxygen atoms in total. The van der Waals surface area contributed by atoms with E-state index in [4.69, 9.17) is 21.1 Å². The van der Waals surface area contributed by atoms with Gasteiger partial charge in [0.2, 0.25) is 0 Å². The summed E-state index contributed by atoms with van der Waals surface area (Å²) in [6, 6.07) is 25.5. The fourth-order valence-electron chi connectivity index (χ4n) is 3.92. The van der Waals surface area contributed by atoms with Gasteiger partial charge < -0.3 is 14.8 Å². The molecule has 0 radical (unpaired) electrons. The molecule has 4 aromatic carbocycles. The van der Waals surface area contributed by atoms with Crippen molar-refractivity contribution in [2.75, 3.05) is 23.8 Å². The van der Waals surface area contributed by atoms with Gasteiger partial charge in [0.05, 0.1) is 47.6 Å². The van der Waals surface area contributed by atoms with Crippen LogP contribution in [0.3, 0.4) is 0 Å². The maximum Gasteiger partial charge on any atom is 0.264 e. The predicted molar refractivity (Wildman–Crippen MR) is 150 cm³/mol. The summed E-state index contributed by atoms with van der Waals surface area (Å²) in [5, 5.41) is 3.13. The Hall–Kier alpha value is -4.01. The highest BCUT2D eigenvalue weighted by Gasteiger charge is 2.29. The van der Waals surface area contributed by atoms with Crippen LogP contribution in [-0.4, -0.2) is 28.5 Å². The van der Waals surface area contributed by atoms with Crippen molar-refractivity contribution < 1.29 is 22.7 Å². The van der Waals surface area contributed by atoms with Crippen LogP contribution in [0, 0.1) is 6.92 Å². The summed E-state index contributed by atoms with van der Waals surface area (Å²) < 4.78 is 39.8. The van der Waals surface area contributed by atoms with Crippen LogP contribution in [0.5, 0.6) is 11.5 Å². The van der Waals surface area contributed by atoms with E-state index in [2.05, 4.69) is 5.32 Å². The third-order valence-corrected chi connectivity index (χ3v) is 7.99. The first-order chi connectivity index (χ1) is 18.2. The summed E-state index contributed by atoms with van der Waals surface area (Å²) in [4.78, 5) is 13.7. The van der Waals surface area contributed by atoms with Crippen LogP contribution < -0.4 is 19.1 Å². The van der Waals surface area contributed by atoms with Crippen LogP contribution in [0.2, 0.25) is 5.02 Å². The molecule has 0 aliphatic heterocycles. The van der Waals surface area contributed by atoms with E-state index < -0.39 is 15.9 Å². The molecule has 0 saturated heterocycles. The number of hydrogen-bond donors (Lipinski definition) is 1. The molecular formula is C29H27ClN2O5S. The van der Waals surface area contributed by atoms with Gasteiger partial charge in [-0.3, -0.25) is 9.10 Å². The number of para-hydroxylation sites is 1. The Kier molecular flexibility index (Phi) is 8.24. The monoisotopic (exact) mass is 550 g/mol. The Morgan fingerprint density at radius 2 is 1.50 bits per heavy atom. The standard InChI is InChI=1S/C29H27ClN2O5S/c1-20-13-15-22(16-14-20)38(34,35)32(19-21-9-5-4-6-10-21)26-12-8-7-11-23(26)29(33)31-25-18-27(36-2)24(30)17-28(25)37-3/h4-18H,19H2,1-3H3,(H,31,33). The molecule has 1 amide bonds. The van der Waals surface area contributed by atoms with Crippen LogP contribution in [0.15, 0.2) is 95.9 Å². The fraction of sp³-hybridized carbons (Fsp3) is 0.138. The number of ether oxygens (including phenoxy) is 2. The van der Waals surface area contributed by atoms with Crippen LogP contribution >= 0.6 is 11.6 Å². The van der Waals surface area contributed by atoms with Crippen molar-refractivity contribution in [3.8, 4) is 11.5 Å². The highest BCUT2D eigenvalue weighted by molar-refractivity contribution is 7.92. The maximum atomic E-state index is 13.9. The minimum atomic E-state index is -4.04. The zero-order valence-corrected chi connectivity index (χ0v) is 22.7. The number of amides is 1. The first-order valence-electron chi connectivity index (χ1n) is 11.7. The SMILES string of the molecule is COc1cc(NC(=O)c2ccccc2N(Cc2ccccc2)S(=O)(=O)c2ccc(C)cc2)c(OC)cc1Cl. The lowest BCUT2D eigenvalue weighted by Crippen LogP contribution is -2.32. The minimum Gasteiger partial charge on any atom is -0.495 e. The van der Waals surface area contributed by atoms with E-state index in [9.17, 15) is 13.2 Å². The third kappa shape index (κ3) is 5.77. The second-order valence-electron chi connectivity index (χ2n) is 8.47. The summed E-state index contributed by atoms with van der Waals surface area (Å²) in [6.07, 6.45) is 0. The number of carbonyl (C=O) groups is 1. The Morgan fingerprint density at radius 1 is 0.868 bits per heavy atom. The Labute approximate surface area is 227 Å². The van der Waals surface area contributed by atoms with E-state index in [1.165, 1.54) is 24.6 Å². The topological polar surface area (TPSA) is 84.9 Å². The predicted octanol–water partition coefficient (Wildman–Crippen LogP) is 6.31. The van der Waals surface area contributed by atoms with Crippen molar-refractivity contribution >= 4 is 38.9 Å². The van der Waals surface area contributed by atoms with Gasteiger partial charge in [-0.25, -0.2) is 8.42 Å². The molecule has 0 aliphatic carbocycles. The first kappa shape index (κ1) is 27.0. The van der Waals surface area contributed by atoms with E-state index in [-0.39, 0.29) is 22.7 Å². The van der Waals surface area contributed by atoms with E-state index in [0.29, 0.717) is 22.2 Å². The lowest BCUT2D eigenvalue weighted by atomic mass is 10.1. The van der Waals surface area contributed by atoms with E-state index >= 15 is 0 Å². The Balaban J connectivity index is 1.80. The van der Waals surface area contributed by atoms with Gasteiger partial charge in [0, 0.05) is 12.1 Å². The molecule has 0 aliphatic rings. The zero-order chi connectivity index (χ0) is 27.3. The quantitative estimate of drug-likeness (QED) is 0.264. The highest BCUT2D eigenvalue weighted by atomic mass is 35.5. The van der Waals surface area contributed by atoms with Crippen LogP contribution in [0.1, 0.15) is 21.5 Å². The minimum absolute atomic E-state index is 0.0272. The number of benzene rings is 4. The third-order valence-electron chi connectivity index (χ3n) is 5.92. The van der Waals surface area contributed by atoms with Crippen molar-refractivity contribution in [1.82, 2.24) is 0 Å². The molecule has 0 spiro atoms. The number of carbonyl (C=O) groups excluding carboxylic acids is 1. The van der Waals surface area contributed by atoms with Gasteiger partial charge in [-0.1, -0.05) is 71.8 Å². The summed E-state index contributed by atoms with van der Waals surface area (Å²) in [5.41, 5.74) is 2.42. The average Bonchev–Trinajstić information content (AvgIpc) is 2.93. The number of anilines is 2. The lowest BCUT2D eigenvalue weighted by molar-refractivity contribution is 0.102. The normalized spacial score (nSPS) is 11.1. The smallest absolute Gasteiger partial charge is 0.264 e. The number of sulfonamides is 1. The molecule has 1 N–H and O–H groups in total. The van der Waals surface area contributed by atoms with Gasteiger partial charge in [0.15, 0.2) is 0 Å². The second kappa shape index (κ2) is 11.6. The summed E-state index contributed by atoms with van der Waals surface area (Å²) >= 11 is 6.20. The molecule has 4 rings (SSSR count). The molecule has 0 saturated carbocycles. The molecule has 0 bridgehead atoms. The number of methoxy groups -OCH3 is 2. The average molecular weight is 551 g/mol. The number of nitrogens with one attached hydrogen (secondary N) is 1. The highest BCUT2D eigenvalue weighted by Crippen LogP contribution is 2.37. The number of hydrogen-bond acceptors (Lipinski definition) is 5. The molecule has 4 aromatic rings. The van der Waals surface area contributed by atoms with E-state index in [0.717, 1.165) is 11.1 Å². The van der Waals surface area contributed by atoms with Crippen molar-refractivity contribution in [2.45, 2.75) is 18.4 Å². The van der Waals surface area contributed by atoms with E-state index in [1.54, 1.807) is 54.6 Å². The van der Waals surface area contributed by atoms with Gasteiger partial charge >= 0.3 is 0 Å². The summed E-state index contributed by atoms with van der Waals surface area (Å²) in [5.74, 6) is 0.152. The number of rotatable bonds is 9. The molecular weight excluding hydrogens is 524 g/mol. The van der Waals surface area contributed by atoms with Gasteiger partial charge in [-0.05, 0) is 36.8 Å². The fourth-order valence-corrected chi connectivity index (χ4v) is 5.62. The Bertz CT molecular complexity index is 1540. The molecule has 0 unspecified atom stereocenters. The molecule has 38 heavy (non-hydrogen) atoms. The molecule has 0 atom stereocenters. The Morgan fingerprint density at radius 3 is 2.16 bits per heavy atom. The van der Waals surface area contributed by atoms with Gasteiger partial charge in [-0.15, -0.1) is 0 Å². The number of nitrogens with zero attached hydrogens (tertiary/aromatic N) is 1. The van der Waals surface area contributed by atoms with Gasteiger partial charge in [0.1, 0.15) is 11.5 Å². The summed E-state index contributed by atoms with van der Waals surface area (Å²) in [7, 11) is -1.12. The van der Waals surface area contributed by atoms with Crippen molar-refractivity contribution in [3.63, 3.8) is 0 Å². The van der Waals surface area contributed by atoms with Gasteiger partial charge in [0.25, 0.3) is 15.9 Å². The molecule has 0 fully saturated rings. The summed E-state index contributed by atoms with van der Waals surface area (Å²) in [6.45, 7) is 1.91. The maximum absolute atomic E-state index is 13.9. The molecule has 9 heteroatoms. The lowest BCUT2D eigenvalue weighted by Gasteiger charge is -2.27. The van der Waals surface area contributed by atoms with Crippen molar-refractivity contribution in [1.29, 1.82) is 0 Å². The van der Waals surface area contributed by atoms with Crippen molar-refractivity contribution in [2.24, 2.45) is 0 Å². The largest absolute Gasteiger partial charge is 0.495 e. The van der Waals surface area contributed by atoms with Crippen LogP contribution in [0.25, 0.3) is 0 Å². The molecule has 0 aromatic heterocycles. The molecule has 196 valence electrons. The van der Waals surface area contributed by atoms with E-state index in [1.807, 2.05) is 37.3 Å². The van der Waals surface area contributed by atoms with Crippen LogP contribution in [0.4, 0.5) is 11.4 Å². The number of aryl methyl sites for hydroxylation is 1. The van der Waals surface area contributed by atoms with Crippen LogP contribution in [-0.2, 0) is 16.6 Å². The first-order valence-corrected chi connectivity index (χ1v) is 13.5. The zero-order valence-electron chi connectivity index (χ0n) is 21.1. The number of halogens is 1.